The van der Waals surface area contributed by atoms with Gasteiger partial charge in [0, 0.05) is 24.8 Å². The van der Waals surface area contributed by atoms with E-state index in [-0.39, 0.29) is 17.8 Å². The van der Waals surface area contributed by atoms with Gasteiger partial charge in [-0.05, 0) is 43.9 Å². The minimum atomic E-state index is -0.859. The van der Waals surface area contributed by atoms with Crippen molar-refractivity contribution in [2.24, 2.45) is 5.92 Å². The lowest BCUT2D eigenvalue weighted by Gasteiger charge is -2.34. The second-order valence-electron chi connectivity index (χ2n) is 5.07. The van der Waals surface area contributed by atoms with Gasteiger partial charge in [-0.15, -0.1) is 0 Å². The molecule has 1 saturated heterocycles. The molecule has 2 N–H and O–H groups in total. The van der Waals surface area contributed by atoms with Gasteiger partial charge in [-0.3, -0.25) is 0 Å². The van der Waals surface area contributed by atoms with E-state index in [1.807, 2.05) is 13.0 Å². The third-order valence-corrected chi connectivity index (χ3v) is 3.65. The number of anilines is 1. The quantitative estimate of drug-likeness (QED) is 0.884. The summed E-state index contributed by atoms with van der Waals surface area (Å²) in [5, 5.41) is 12.3. The molecule has 19 heavy (non-hydrogen) atoms. The summed E-state index contributed by atoms with van der Waals surface area (Å²) in [5.41, 5.74) is 0.736. The topological polar surface area (TPSA) is 52.6 Å². The monoisotopic (exact) mass is 266 g/mol. The van der Waals surface area contributed by atoms with E-state index in [0.717, 1.165) is 18.5 Å². The van der Waals surface area contributed by atoms with E-state index in [0.29, 0.717) is 13.1 Å². The number of carboxylic acid groups (broad SMARTS) is 1. The lowest BCUT2D eigenvalue weighted by molar-refractivity contribution is 0.117. The molecule has 4 nitrogen and oxygen atoms in total. The Morgan fingerprint density at radius 3 is 3.05 bits per heavy atom. The molecule has 0 aromatic heterocycles. The average Bonchev–Trinajstić information content (AvgIpc) is 2.39. The van der Waals surface area contributed by atoms with Crippen molar-refractivity contribution in [2.75, 3.05) is 18.4 Å². The zero-order chi connectivity index (χ0) is 13.8. The van der Waals surface area contributed by atoms with Gasteiger partial charge >= 0.3 is 6.09 Å². The first-order valence-electron chi connectivity index (χ1n) is 6.56. The van der Waals surface area contributed by atoms with Gasteiger partial charge in [0.15, 0.2) is 0 Å². The van der Waals surface area contributed by atoms with Crippen LogP contribution in [0.15, 0.2) is 24.3 Å². The van der Waals surface area contributed by atoms with Crippen LogP contribution in [0.1, 0.15) is 19.8 Å². The number of rotatable bonds is 3. The van der Waals surface area contributed by atoms with Crippen molar-refractivity contribution in [3.63, 3.8) is 0 Å². The van der Waals surface area contributed by atoms with E-state index in [9.17, 15) is 9.18 Å². The number of nitrogens with one attached hydrogen (secondary N) is 1. The molecular weight excluding hydrogens is 247 g/mol. The zero-order valence-corrected chi connectivity index (χ0v) is 11.0. The Morgan fingerprint density at radius 2 is 2.37 bits per heavy atom. The van der Waals surface area contributed by atoms with E-state index in [4.69, 9.17) is 5.11 Å². The van der Waals surface area contributed by atoms with Gasteiger partial charge in [0.1, 0.15) is 5.82 Å². The first kappa shape index (κ1) is 13.6. The molecule has 1 heterocycles. The molecule has 0 radical (unpaired) electrons. The van der Waals surface area contributed by atoms with E-state index in [1.165, 1.54) is 17.0 Å². The van der Waals surface area contributed by atoms with Crippen molar-refractivity contribution in [1.82, 2.24) is 4.90 Å². The Hall–Kier alpha value is -1.78. The Labute approximate surface area is 112 Å². The number of carbonyl (C=O) groups is 1. The van der Waals surface area contributed by atoms with Crippen molar-refractivity contribution in [2.45, 2.75) is 25.8 Å². The summed E-state index contributed by atoms with van der Waals surface area (Å²) in [7, 11) is 0. The Kier molecular flexibility index (Phi) is 4.24. The smallest absolute Gasteiger partial charge is 0.407 e. The highest BCUT2D eigenvalue weighted by atomic mass is 19.1. The molecule has 1 amide bonds. The molecule has 1 aromatic carbocycles. The van der Waals surface area contributed by atoms with Crippen molar-refractivity contribution >= 4 is 11.8 Å². The van der Waals surface area contributed by atoms with Crippen LogP contribution in [0.25, 0.3) is 0 Å². The van der Waals surface area contributed by atoms with E-state index in [1.54, 1.807) is 6.07 Å². The summed E-state index contributed by atoms with van der Waals surface area (Å²) in [6.45, 7) is 3.16. The summed E-state index contributed by atoms with van der Waals surface area (Å²) in [5.74, 6) is -0.0128. The Bertz CT molecular complexity index is 453. The largest absolute Gasteiger partial charge is 0.465 e. The molecule has 5 heteroatoms. The lowest BCUT2D eigenvalue weighted by Crippen LogP contribution is -2.44. The summed E-state index contributed by atoms with van der Waals surface area (Å²) in [6, 6.07) is 6.45. The van der Waals surface area contributed by atoms with Crippen LogP contribution < -0.4 is 5.32 Å². The minimum Gasteiger partial charge on any atom is -0.465 e. The number of likely N-dealkylation sites (tertiary alicyclic amines) is 1. The fourth-order valence-corrected chi connectivity index (χ4v) is 2.55. The maximum Gasteiger partial charge on any atom is 0.407 e. The van der Waals surface area contributed by atoms with Crippen molar-refractivity contribution in [3.05, 3.63) is 30.1 Å². The molecule has 0 saturated carbocycles. The Morgan fingerprint density at radius 1 is 1.58 bits per heavy atom. The number of hydrogen-bond donors (Lipinski definition) is 2. The molecular formula is C14H19FN2O2. The molecule has 0 aliphatic carbocycles. The van der Waals surface area contributed by atoms with Gasteiger partial charge in [0.25, 0.3) is 0 Å². The highest BCUT2D eigenvalue weighted by Crippen LogP contribution is 2.22. The van der Waals surface area contributed by atoms with Crippen LogP contribution in [-0.4, -0.2) is 35.2 Å². The Balaban J connectivity index is 1.95. The van der Waals surface area contributed by atoms with Crippen molar-refractivity contribution in [3.8, 4) is 0 Å². The number of piperidine rings is 1. The molecule has 1 aliphatic heterocycles. The molecule has 1 aliphatic rings. The van der Waals surface area contributed by atoms with Crippen LogP contribution >= 0.6 is 0 Å². The molecule has 2 rings (SSSR count). The third-order valence-electron chi connectivity index (χ3n) is 3.65. The number of amides is 1. The minimum absolute atomic E-state index is 0.115. The van der Waals surface area contributed by atoms with Gasteiger partial charge in [0.2, 0.25) is 0 Å². The SMILES string of the molecule is CC(Nc1cccc(F)c1)C1CCCN(C(=O)O)C1. The van der Waals surface area contributed by atoms with Crippen molar-refractivity contribution in [1.29, 1.82) is 0 Å². The van der Waals surface area contributed by atoms with Crippen LogP contribution in [0, 0.1) is 11.7 Å². The average molecular weight is 266 g/mol. The molecule has 0 spiro atoms. The van der Waals surface area contributed by atoms with Gasteiger partial charge in [-0.25, -0.2) is 9.18 Å². The second kappa shape index (κ2) is 5.91. The number of benzene rings is 1. The highest BCUT2D eigenvalue weighted by molar-refractivity contribution is 5.65. The van der Waals surface area contributed by atoms with Crippen LogP contribution in [0.2, 0.25) is 0 Å². The molecule has 1 aromatic rings. The third kappa shape index (κ3) is 3.59. The van der Waals surface area contributed by atoms with Gasteiger partial charge in [-0.2, -0.15) is 0 Å². The fourth-order valence-electron chi connectivity index (χ4n) is 2.55. The standard InChI is InChI=1S/C14H19FN2O2/c1-10(16-13-6-2-5-12(15)8-13)11-4-3-7-17(9-11)14(18)19/h2,5-6,8,10-11,16H,3-4,7,9H2,1H3,(H,18,19). The van der Waals surface area contributed by atoms with Crippen LogP contribution in [-0.2, 0) is 0 Å². The first-order chi connectivity index (χ1) is 9.06. The van der Waals surface area contributed by atoms with E-state index >= 15 is 0 Å². The summed E-state index contributed by atoms with van der Waals surface area (Å²) in [6.07, 6.45) is 1.02. The maximum absolute atomic E-state index is 13.1. The summed E-state index contributed by atoms with van der Waals surface area (Å²) >= 11 is 0. The number of nitrogens with zero attached hydrogens (tertiary/aromatic N) is 1. The summed E-state index contributed by atoms with van der Waals surface area (Å²) < 4.78 is 13.1. The number of hydrogen-bond acceptors (Lipinski definition) is 2. The zero-order valence-electron chi connectivity index (χ0n) is 11.0. The van der Waals surface area contributed by atoms with Crippen LogP contribution in [0.3, 0.4) is 0 Å². The molecule has 104 valence electrons. The van der Waals surface area contributed by atoms with E-state index < -0.39 is 6.09 Å². The lowest BCUT2D eigenvalue weighted by atomic mass is 9.91. The number of halogens is 1. The normalized spacial score (nSPS) is 20.9. The molecule has 2 atom stereocenters. The van der Waals surface area contributed by atoms with Crippen LogP contribution in [0.4, 0.5) is 14.9 Å². The predicted octanol–water partition coefficient (Wildman–Crippen LogP) is 3.02. The molecule has 0 bridgehead atoms. The second-order valence-corrected chi connectivity index (χ2v) is 5.07. The van der Waals surface area contributed by atoms with Crippen molar-refractivity contribution < 1.29 is 14.3 Å². The highest BCUT2D eigenvalue weighted by Gasteiger charge is 2.27. The van der Waals surface area contributed by atoms with Gasteiger partial charge in [0.05, 0.1) is 0 Å². The summed E-state index contributed by atoms with van der Waals surface area (Å²) in [4.78, 5) is 12.4. The van der Waals surface area contributed by atoms with Gasteiger partial charge < -0.3 is 15.3 Å². The van der Waals surface area contributed by atoms with Gasteiger partial charge in [-0.1, -0.05) is 6.07 Å². The molecule has 2 unspecified atom stereocenters. The maximum atomic E-state index is 13.1. The predicted molar refractivity (Wildman–Crippen MR) is 71.8 cm³/mol. The fraction of sp³-hybridized carbons (Fsp3) is 0.500. The first-order valence-corrected chi connectivity index (χ1v) is 6.56. The van der Waals surface area contributed by atoms with Crippen LogP contribution in [0.5, 0.6) is 0 Å². The molecule has 1 fully saturated rings. The van der Waals surface area contributed by atoms with E-state index in [2.05, 4.69) is 5.32 Å².